The minimum Gasteiger partial charge on any atom is -0.469 e. The quantitative estimate of drug-likeness (QED) is 0.517. The van der Waals surface area contributed by atoms with Crippen LogP contribution in [0.4, 0.5) is 4.79 Å². The van der Waals surface area contributed by atoms with Gasteiger partial charge in [0.05, 0.1) is 0 Å². The summed E-state index contributed by atoms with van der Waals surface area (Å²) in [6.07, 6.45) is 5.91. The molecule has 0 aliphatic rings. The van der Waals surface area contributed by atoms with Crippen molar-refractivity contribution in [2.45, 2.75) is 19.8 Å². The second-order valence-electron chi connectivity index (χ2n) is 1.64. The van der Waals surface area contributed by atoms with Crippen LogP contribution in [0.25, 0.3) is 0 Å². The molecule has 0 aromatic carbocycles. The highest BCUT2D eigenvalue weighted by atomic mass is 35.5. The van der Waals surface area contributed by atoms with E-state index in [9.17, 15) is 0 Å². The predicted octanol–water partition coefficient (Wildman–Crippen LogP) is 2.24. The van der Waals surface area contributed by atoms with Crippen LogP contribution in [-0.4, -0.2) is 22.2 Å². The predicted molar refractivity (Wildman–Crippen MR) is 45.0 cm³/mol. The van der Waals surface area contributed by atoms with Crippen molar-refractivity contribution in [1.82, 2.24) is 0 Å². The fourth-order valence-corrected chi connectivity index (χ4v) is 0.359. The number of hydrogen-bond donors (Lipinski definition) is 2. The van der Waals surface area contributed by atoms with Gasteiger partial charge in [0.25, 0.3) is 0 Å². The molecule has 3 nitrogen and oxygen atoms in total. The van der Waals surface area contributed by atoms with E-state index in [0.717, 1.165) is 12.8 Å². The van der Waals surface area contributed by atoms with Gasteiger partial charge >= 0.3 is 5.43 Å². The van der Waals surface area contributed by atoms with Crippen molar-refractivity contribution in [2.24, 2.45) is 0 Å². The number of carboxylic acid groups (broad SMARTS) is 1. The van der Waals surface area contributed by atoms with E-state index in [2.05, 4.69) is 24.6 Å². The van der Waals surface area contributed by atoms with Gasteiger partial charge in [-0.3, -0.25) is 0 Å². The molecule has 0 rings (SSSR count). The summed E-state index contributed by atoms with van der Waals surface area (Å²) in [5, 5.41) is 15.4. The monoisotopic (exact) mass is 180 g/mol. The Kier molecular flexibility index (Phi) is 14.5. The molecule has 0 aliphatic carbocycles. The number of aliphatic hydroxyl groups is 1. The molecule has 0 heterocycles. The Morgan fingerprint density at radius 3 is 2.27 bits per heavy atom. The highest BCUT2D eigenvalue weighted by molar-refractivity contribution is 6.60. The lowest BCUT2D eigenvalue weighted by Gasteiger charge is -1.79. The fourth-order valence-electron chi connectivity index (χ4n) is 0.359. The third-order valence-corrected chi connectivity index (χ3v) is 0.698. The van der Waals surface area contributed by atoms with Crippen LogP contribution >= 0.6 is 11.6 Å². The van der Waals surface area contributed by atoms with Gasteiger partial charge in [0.2, 0.25) is 0 Å². The van der Waals surface area contributed by atoms with Crippen molar-refractivity contribution < 1.29 is 15.0 Å². The van der Waals surface area contributed by atoms with Crippen molar-refractivity contribution in [3.8, 4) is 0 Å². The minimum atomic E-state index is -1.36. The molecule has 4 heteroatoms. The Morgan fingerprint density at radius 1 is 1.55 bits per heavy atom. The van der Waals surface area contributed by atoms with Gasteiger partial charge in [0.15, 0.2) is 0 Å². The van der Waals surface area contributed by atoms with E-state index in [1.807, 2.05) is 6.08 Å². The summed E-state index contributed by atoms with van der Waals surface area (Å²) in [4.78, 5) is 8.77. The zero-order chi connectivity index (χ0) is 9.11. The number of hydrogen-bond acceptors (Lipinski definition) is 2. The van der Waals surface area contributed by atoms with E-state index in [4.69, 9.17) is 15.0 Å². The molecule has 0 saturated heterocycles. The Hall–Kier alpha value is -0.540. The van der Waals surface area contributed by atoms with Crippen LogP contribution in [0.1, 0.15) is 19.8 Å². The molecule has 0 spiro atoms. The SMILES string of the molecule is CCC=CCCO.O=C(O)Cl. The lowest BCUT2D eigenvalue weighted by molar-refractivity contribution is 0.220. The van der Waals surface area contributed by atoms with Crippen LogP contribution in [0, 0.1) is 0 Å². The molecule has 0 aromatic heterocycles. The number of rotatable bonds is 3. The highest BCUT2D eigenvalue weighted by Gasteiger charge is 1.71. The smallest absolute Gasteiger partial charge is 0.401 e. The first-order chi connectivity index (χ1) is 5.15. The standard InChI is InChI=1S/C6H12O.CHClO2/c1-2-3-4-5-6-7;2-1(3)4/h3-4,7H,2,5-6H2,1H3;(H,3,4). The summed E-state index contributed by atoms with van der Waals surface area (Å²) in [5.41, 5.74) is -1.36. The van der Waals surface area contributed by atoms with Crippen molar-refractivity contribution in [1.29, 1.82) is 0 Å². The van der Waals surface area contributed by atoms with Gasteiger partial charge in [-0.2, -0.15) is 0 Å². The van der Waals surface area contributed by atoms with Crippen molar-refractivity contribution in [2.75, 3.05) is 6.61 Å². The van der Waals surface area contributed by atoms with Gasteiger partial charge < -0.3 is 10.2 Å². The van der Waals surface area contributed by atoms with Gasteiger partial charge in [-0.15, -0.1) is 0 Å². The van der Waals surface area contributed by atoms with Crippen molar-refractivity contribution >= 4 is 17.0 Å². The highest BCUT2D eigenvalue weighted by Crippen LogP contribution is 1.82. The van der Waals surface area contributed by atoms with Gasteiger partial charge in [-0.1, -0.05) is 19.1 Å². The topological polar surface area (TPSA) is 57.5 Å². The third kappa shape index (κ3) is 44.0. The van der Waals surface area contributed by atoms with Crippen molar-refractivity contribution in [3.05, 3.63) is 12.2 Å². The minimum absolute atomic E-state index is 0.274. The van der Waals surface area contributed by atoms with E-state index >= 15 is 0 Å². The van der Waals surface area contributed by atoms with Crippen LogP contribution in [0.15, 0.2) is 12.2 Å². The molecule has 0 radical (unpaired) electrons. The average Bonchev–Trinajstić information content (AvgIpc) is 1.88. The summed E-state index contributed by atoms with van der Waals surface area (Å²) in [7, 11) is 0. The van der Waals surface area contributed by atoms with Gasteiger partial charge in [-0.05, 0) is 12.8 Å². The van der Waals surface area contributed by atoms with Gasteiger partial charge in [0.1, 0.15) is 0 Å². The maximum atomic E-state index is 8.77. The van der Waals surface area contributed by atoms with Crippen LogP contribution < -0.4 is 0 Å². The lowest BCUT2D eigenvalue weighted by Crippen LogP contribution is -1.73. The molecule has 0 aliphatic heterocycles. The van der Waals surface area contributed by atoms with E-state index in [1.54, 1.807) is 0 Å². The molecule has 0 unspecified atom stereocenters. The first kappa shape index (κ1) is 13.1. The Labute approximate surface area is 71.3 Å². The summed E-state index contributed by atoms with van der Waals surface area (Å²) in [6.45, 7) is 2.35. The lowest BCUT2D eigenvalue weighted by atomic mass is 10.3. The van der Waals surface area contributed by atoms with Crippen LogP contribution in [-0.2, 0) is 0 Å². The number of aliphatic hydroxyl groups excluding tert-OH is 1. The third-order valence-electron chi connectivity index (χ3n) is 0.698. The molecule has 0 atom stereocenters. The summed E-state index contributed by atoms with van der Waals surface area (Å²) >= 11 is 4.19. The zero-order valence-electron chi connectivity index (χ0n) is 6.46. The summed E-state index contributed by atoms with van der Waals surface area (Å²) < 4.78 is 0. The van der Waals surface area contributed by atoms with E-state index in [1.165, 1.54) is 0 Å². The fraction of sp³-hybridized carbons (Fsp3) is 0.571. The largest absolute Gasteiger partial charge is 0.469 e. The molecule has 2 N–H and O–H groups in total. The molecule has 0 amide bonds. The van der Waals surface area contributed by atoms with E-state index < -0.39 is 5.43 Å². The van der Waals surface area contributed by atoms with E-state index in [0.29, 0.717) is 0 Å². The van der Waals surface area contributed by atoms with Crippen molar-refractivity contribution in [3.63, 3.8) is 0 Å². The molecule has 0 fully saturated rings. The molecular formula is C7H13ClO3. The molecule has 0 saturated carbocycles. The number of halogens is 1. The Balaban J connectivity index is 0. The van der Waals surface area contributed by atoms with Crippen LogP contribution in [0.2, 0.25) is 0 Å². The first-order valence-corrected chi connectivity index (χ1v) is 3.67. The zero-order valence-corrected chi connectivity index (χ0v) is 7.21. The summed E-state index contributed by atoms with van der Waals surface area (Å²) in [6, 6.07) is 0. The first-order valence-electron chi connectivity index (χ1n) is 3.29. The second kappa shape index (κ2) is 12.2. The molecule has 11 heavy (non-hydrogen) atoms. The van der Waals surface area contributed by atoms with Gasteiger partial charge in [0, 0.05) is 18.2 Å². The maximum Gasteiger partial charge on any atom is 0.401 e. The second-order valence-corrected chi connectivity index (χ2v) is 1.97. The Morgan fingerprint density at radius 2 is 2.00 bits per heavy atom. The molecule has 66 valence electrons. The molecule has 0 aromatic rings. The van der Waals surface area contributed by atoms with Crippen LogP contribution in [0.3, 0.4) is 0 Å². The Bertz CT molecular complexity index is 108. The van der Waals surface area contributed by atoms with Crippen LogP contribution in [0.5, 0.6) is 0 Å². The van der Waals surface area contributed by atoms with E-state index in [-0.39, 0.29) is 6.61 Å². The normalized spacial score (nSPS) is 9.00. The average molecular weight is 181 g/mol. The number of allylic oxidation sites excluding steroid dienone is 1. The summed E-state index contributed by atoms with van der Waals surface area (Å²) in [5.74, 6) is 0. The maximum absolute atomic E-state index is 8.77. The molecule has 0 bridgehead atoms. The molecular weight excluding hydrogens is 168 g/mol. The van der Waals surface area contributed by atoms with Gasteiger partial charge in [-0.25, -0.2) is 4.79 Å². The number of carbonyl (C=O) groups is 1.